The summed E-state index contributed by atoms with van der Waals surface area (Å²) >= 11 is 0. The summed E-state index contributed by atoms with van der Waals surface area (Å²) in [6.07, 6.45) is 2.96. The fourth-order valence-corrected chi connectivity index (χ4v) is 1.92. The van der Waals surface area contributed by atoms with E-state index in [0.29, 0.717) is 106 Å². The van der Waals surface area contributed by atoms with Gasteiger partial charge in [-0.15, -0.1) is 0 Å². The quantitative estimate of drug-likeness (QED) is 0.107. The van der Waals surface area contributed by atoms with Gasteiger partial charge in [-0.3, -0.25) is 0 Å². The van der Waals surface area contributed by atoms with Crippen LogP contribution in [0.25, 0.3) is 0 Å². The monoisotopic (exact) mass is 439 g/mol. The number of hydrogen-bond donors (Lipinski definition) is 2. The van der Waals surface area contributed by atoms with Gasteiger partial charge >= 0.3 is 0 Å². The summed E-state index contributed by atoms with van der Waals surface area (Å²) in [7, 11) is 1.64. The lowest BCUT2D eigenvalue weighted by Crippen LogP contribution is -2.29. The molecule has 4 N–H and O–H groups in total. The van der Waals surface area contributed by atoms with Crippen LogP contribution in [0.15, 0.2) is 12.4 Å². The van der Waals surface area contributed by atoms with E-state index < -0.39 is 0 Å². The van der Waals surface area contributed by atoms with Crippen molar-refractivity contribution in [2.45, 2.75) is 0 Å². The highest BCUT2D eigenvalue weighted by Crippen LogP contribution is 1.86. The highest BCUT2D eigenvalue weighted by atomic mass is 16.6. The van der Waals surface area contributed by atoms with Crippen molar-refractivity contribution in [1.82, 2.24) is 5.01 Å². The Labute approximate surface area is 180 Å². The van der Waals surface area contributed by atoms with Crippen molar-refractivity contribution >= 4 is 0 Å². The van der Waals surface area contributed by atoms with Gasteiger partial charge in [0.2, 0.25) is 0 Å². The minimum absolute atomic E-state index is 0.510. The number of hydrazine groups is 1. The predicted octanol–water partition coefficient (Wildman–Crippen LogP) is -0.645. The maximum Gasteiger partial charge on any atom is 0.0701 e. The van der Waals surface area contributed by atoms with Gasteiger partial charge in [0, 0.05) is 19.5 Å². The van der Waals surface area contributed by atoms with Gasteiger partial charge in [-0.25, -0.2) is 5.84 Å². The molecule has 0 amide bonds. The van der Waals surface area contributed by atoms with Crippen LogP contribution in [0.1, 0.15) is 0 Å². The molecule has 0 aromatic carbocycles. The standard InChI is InChI=1S/C19H41N3O8/c1-23-6-7-25-10-11-27-14-15-29-18-19-30-17-16-28-13-12-26-9-8-24-5-4-22(21)3-2-20/h2-3H,4-21H2,1H3/b3-2-. The van der Waals surface area contributed by atoms with Crippen LogP contribution in [-0.4, -0.2) is 118 Å². The number of methoxy groups -OCH3 is 1. The van der Waals surface area contributed by atoms with Crippen molar-refractivity contribution in [2.75, 3.05) is 113 Å². The van der Waals surface area contributed by atoms with Gasteiger partial charge in [0.15, 0.2) is 0 Å². The highest BCUT2D eigenvalue weighted by Gasteiger charge is 1.95. The lowest BCUT2D eigenvalue weighted by Gasteiger charge is -2.13. The van der Waals surface area contributed by atoms with Gasteiger partial charge in [0.1, 0.15) is 0 Å². The zero-order valence-corrected chi connectivity index (χ0v) is 18.3. The molecule has 0 saturated heterocycles. The van der Waals surface area contributed by atoms with Crippen molar-refractivity contribution in [2.24, 2.45) is 11.6 Å². The van der Waals surface area contributed by atoms with Crippen molar-refractivity contribution < 1.29 is 37.9 Å². The van der Waals surface area contributed by atoms with Crippen molar-refractivity contribution in [3.63, 3.8) is 0 Å². The smallest absolute Gasteiger partial charge is 0.0701 e. The summed E-state index contributed by atoms with van der Waals surface area (Å²) < 4.78 is 42.5. The van der Waals surface area contributed by atoms with Crippen LogP contribution in [0.3, 0.4) is 0 Å². The number of ether oxygens (including phenoxy) is 8. The van der Waals surface area contributed by atoms with E-state index in [0.717, 1.165) is 0 Å². The Hall–Kier alpha value is -1.02. The molecule has 0 aromatic rings. The Balaban J connectivity index is 3.03. The molecular formula is C19H41N3O8. The first-order chi connectivity index (χ1) is 14.8. The van der Waals surface area contributed by atoms with Gasteiger partial charge in [-0.05, 0) is 0 Å². The molecule has 0 aromatic heterocycles. The Bertz CT molecular complexity index is 354. The van der Waals surface area contributed by atoms with E-state index in [2.05, 4.69) is 0 Å². The van der Waals surface area contributed by atoms with Gasteiger partial charge in [0.05, 0.1) is 106 Å². The largest absolute Gasteiger partial charge is 0.403 e. The molecule has 180 valence electrons. The number of rotatable bonds is 25. The molecule has 11 nitrogen and oxygen atoms in total. The average molecular weight is 440 g/mol. The molecule has 0 atom stereocenters. The summed E-state index contributed by atoms with van der Waals surface area (Å²) in [6.45, 7) is 8.62. The van der Waals surface area contributed by atoms with Gasteiger partial charge in [-0.2, -0.15) is 0 Å². The fourth-order valence-electron chi connectivity index (χ4n) is 1.92. The molecule has 0 aliphatic rings. The lowest BCUT2D eigenvalue weighted by molar-refractivity contribution is -0.0223. The molecule has 0 aliphatic carbocycles. The molecule has 30 heavy (non-hydrogen) atoms. The summed E-state index contributed by atoms with van der Waals surface area (Å²) in [5, 5.41) is 1.46. The summed E-state index contributed by atoms with van der Waals surface area (Å²) in [6, 6.07) is 0. The number of hydrogen-bond acceptors (Lipinski definition) is 11. The second-order valence-electron chi connectivity index (χ2n) is 5.86. The van der Waals surface area contributed by atoms with Gasteiger partial charge in [0.25, 0.3) is 0 Å². The van der Waals surface area contributed by atoms with Crippen LogP contribution in [0.4, 0.5) is 0 Å². The first kappa shape index (κ1) is 29.0. The third-order valence-corrected chi connectivity index (χ3v) is 3.44. The molecular weight excluding hydrogens is 398 g/mol. The topological polar surface area (TPSA) is 129 Å². The average Bonchev–Trinajstić information content (AvgIpc) is 2.74. The highest BCUT2D eigenvalue weighted by molar-refractivity contribution is 4.72. The molecule has 0 radical (unpaired) electrons. The molecule has 0 fully saturated rings. The molecule has 0 saturated carbocycles. The van der Waals surface area contributed by atoms with Gasteiger partial charge in [-0.1, -0.05) is 0 Å². The van der Waals surface area contributed by atoms with E-state index in [4.69, 9.17) is 49.5 Å². The van der Waals surface area contributed by atoms with Gasteiger partial charge < -0.3 is 48.6 Å². The molecule has 0 spiro atoms. The van der Waals surface area contributed by atoms with Crippen LogP contribution >= 0.6 is 0 Å². The number of nitrogens with zero attached hydrogens (tertiary/aromatic N) is 1. The van der Waals surface area contributed by atoms with Crippen LogP contribution < -0.4 is 11.6 Å². The third kappa shape index (κ3) is 25.0. The zero-order valence-electron chi connectivity index (χ0n) is 18.3. The van der Waals surface area contributed by atoms with Crippen LogP contribution in [0.5, 0.6) is 0 Å². The maximum absolute atomic E-state index is 5.59. The van der Waals surface area contributed by atoms with Crippen molar-refractivity contribution in [3.8, 4) is 0 Å². The first-order valence-electron chi connectivity index (χ1n) is 10.2. The van der Waals surface area contributed by atoms with Crippen LogP contribution in [0, 0.1) is 0 Å². The summed E-state index contributed by atoms with van der Waals surface area (Å²) in [5.74, 6) is 5.59. The third-order valence-electron chi connectivity index (χ3n) is 3.44. The van der Waals surface area contributed by atoms with E-state index in [9.17, 15) is 0 Å². The summed E-state index contributed by atoms with van der Waals surface area (Å²) in [4.78, 5) is 0. The van der Waals surface area contributed by atoms with Crippen LogP contribution in [-0.2, 0) is 37.9 Å². The Morgan fingerprint density at radius 2 is 0.833 bits per heavy atom. The molecule has 0 rings (SSSR count). The SMILES string of the molecule is COCCOCCOCCOCCOCCOCCOCCOCCN(N)/C=C\N. The van der Waals surface area contributed by atoms with E-state index in [1.807, 2.05) is 0 Å². The second kappa shape index (κ2) is 26.0. The summed E-state index contributed by atoms with van der Waals surface area (Å²) in [5.41, 5.74) is 5.22. The predicted molar refractivity (Wildman–Crippen MR) is 112 cm³/mol. The molecule has 0 aliphatic heterocycles. The van der Waals surface area contributed by atoms with Crippen LogP contribution in [0.2, 0.25) is 0 Å². The van der Waals surface area contributed by atoms with E-state index in [-0.39, 0.29) is 0 Å². The molecule has 11 heteroatoms. The Morgan fingerprint density at radius 1 is 0.533 bits per heavy atom. The lowest BCUT2D eigenvalue weighted by atomic mass is 10.6. The molecule has 0 heterocycles. The van der Waals surface area contributed by atoms with Crippen molar-refractivity contribution in [1.29, 1.82) is 0 Å². The molecule has 0 unspecified atom stereocenters. The number of nitrogens with two attached hydrogens (primary N) is 2. The Morgan fingerprint density at radius 3 is 1.13 bits per heavy atom. The zero-order chi connectivity index (χ0) is 22.0. The Kier molecular flexibility index (Phi) is 25.1. The van der Waals surface area contributed by atoms with Crippen molar-refractivity contribution in [3.05, 3.63) is 12.4 Å². The van der Waals surface area contributed by atoms with E-state index >= 15 is 0 Å². The second-order valence-corrected chi connectivity index (χ2v) is 5.86. The fraction of sp³-hybridized carbons (Fsp3) is 0.895. The maximum atomic E-state index is 5.59. The van der Waals surface area contributed by atoms with E-state index in [1.165, 1.54) is 11.2 Å². The van der Waals surface area contributed by atoms with E-state index in [1.54, 1.807) is 13.3 Å². The molecule has 0 bridgehead atoms. The first-order valence-corrected chi connectivity index (χ1v) is 10.2. The normalized spacial score (nSPS) is 11.5. The minimum atomic E-state index is 0.510. The minimum Gasteiger partial charge on any atom is -0.403 e.